The van der Waals surface area contributed by atoms with Crippen molar-refractivity contribution < 1.29 is 9.53 Å². The Morgan fingerprint density at radius 3 is 2.50 bits per heavy atom. The van der Waals surface area contributed by atoms with Crippen molar-refractivity contribution in [1.82, 2.24) is 0 Å². The van der Waals surface area contributed by atoms with Gasteiger partial charge in [0.25, 0.3) is 0 Å². The van der Waals surface area contributed by atoms with Gasteiger partial charge in [0.05, 0.1) is 7.11 Å². The van der Waals surface area contributed by atoms with Gasteiger partial charge in [0.2, 0.25) is 0 Å². The van der Waals surface area contributed by atoms with Crippen LogP contribution in [0.15, 0.2) is 0 Å². The number of esters is 1. The van der Waals surface area contributed by atoms with Crippen LogP contribution in [0.3, 0.4) is 0 Å². The van der Waals surface area contributed by atoms with Gasteiger partial charge in [0, 0.05) is 5.33 Å². The van der Waals surface area contributed by atoms with E-state index in [4.69, 9.17) is 0 Å². The van der Waals surface area contributed by atoms with Crippen molar-refractivity contribution in [3.8, 4) is 0 Å². The summed E-state index contributed by atoms with van der Waals surface area (Å²) < 4.78 is 4.02. The van der Waals surface area contributed by atoms with Gasteiger partial charge in [-0.2, -0.15) is 0 Å². The normalized spacial score (nSPS) is 16.0. The Morgan fingerprint density at radius 2 is 2.20 bits per heavy atom. The van der Waals surface area contributed by atoms with Crippen molar-refractivity contribution in [2.75, 3.05) is 12.4 Å². The maximum Gasteiger partial charge on any atom is 0.322 e. The van der Waals surface area contributed by atoms with Gasteiger partial charge in [-0.3, -0.25) is 4.79 Å². The molecule has 0 aliphatic carbocycles. The number of hydrogen-bond donors (Lipinski definition) is 0. The van der Waals surface area contributed by atoms with Gasteiger partial charge in [-0.05, 0) is 13.3 Å². The standard InChI is InChI=1S/C6H10Br2O2/c1-6(8,3-4-7)5(9)10-2/h3-4H2,1-2H3. The summed E-state index contributed by atoms with van der Waals surface area (Å²) in [5.41, 5.74) is 0. The van der Waals surface area contributed by atoms with E-state index in [0.29, 0.717) is 0 Å². The van der Waals surface area contributed by atoms with E-state index in [-0.39, 0.29) is 5.97 Å². The molecule has 0 N–H and O–H groups in total. The molecule has 4 heteroatoms. The minimum absolute atomic E-state index is 0.230. The Hall–Kier alpha value is 0.430. The second kappa shape index (κ2) is 4.34. The number of alkyl halides is 2. The lowest BCUT2D eigenvalue weighted by Gasteiger charge is -2.17. The van der Waals surface area contributed by atoms with Crippen LogP contribution in [-0.2, 0) is 9.53 Å². The van der Waals surface area contributed by atoms with Crippen LogP contribution in [0.5, 0.6) is 0 Å². The molecule has 0 aromatic heterocycles. The maximum atomic E-state index is 10.9. The number of carbonyl (C=O) groups excluding carboxylic acids is 1. The van der Waals surface area contributed by atoms with Gasteiger partial charge in [-0.15, -0.1) is 0 Å². The lowest BCUT2D eigenvalue weighted by molar-refractivity contribution is -0.142. The summed E-state index contributed by atoms with van der Waals surface area (Å²) >= 11 is 6.51. The second-order valence-corrected chi connectivity index (χ2v) is 4.67. The first kappa shape index (κ1) is 10.4. The molecule has 0 bridgehead atoms. The molecule has 1 atom stereocenters. The molecule has 0 saturated heterocycles. The van der Waals surface area contributed by atoms with Gasteiger partial charge in [-0.25, -0.2) is 0 Å². The molecule has 0 aliphatic rings. The van der Waals surface area contributed by atoms with E-state index in [0.717, 1.165) is 11.8 Å². The summed E-state index contributed by atoms with van der Waals surface area (Å²) in [7, 11) is 1.38. The molecule has 0 amide bonds. The van der Waals surface area contributed by atoms with E-state index in [2.05, 4.69) is 36.6 Å². The van der Waals surface area contributed by atoms with Gasteiger partial charge >= 0.3 is 5.97 Å². The Labute approximate surface area is 77.6 Å². The average molecular weight is 274 g/mol. The van der Waals surface area contributed by atoms with Crippen LogP contribution in [-0.4, -0.2) is 22.7 Å². The largest absolute Gasteiger partial charge is 0.468 e. The molecule has 0 spiro atoms. The van der Waals surface area contributed by atoms with E-state index >= 15 is 0 Å². The number of ether oxygens (including phenoxy) is 1. The highest BCUT2D eigenvalue weighted by Gasteiger charge is 2.29. The highest BCUT2D eigenvalue weighted by atomic mass is 79.9. The molecule has 0 radical (unpaired) electrons. The molecule has 0 heterocycles. The number of hydrogen-bond acceptors (Lipinski definition) is 2. The number of rotatable bonds is 3. The minimum atomic E-state index is -0.536. The lowest BCUT2D eigenvalue weighted by atomic mass is 10.1. The predicted molar refractivity (Wildman–Crippen MR) is 47.8 cm³/mol. The molecule has 0 fully saturated rings. The molecular weight excluding hydrogens is 264 g/mol. The van der Waals surface area contributed by atoms with Crippen LogP contribution < -0.4 is 0 Å². The van der Waals surface area contributed by atoms with E-state index in [1.165, 1.54) is 7.11 Å². The van der Waals surface area contributed by atoms with Gasteiger partial charge in [-0.1, -0.05) is 31.9 Å². The first-order valence-corrected chi connectivity index (χ1v) is 4.79. The molecule has 1 unspecified atom stereocenters. The molecule has 0 rings (SSSR count). The molecular formula is C6H10Br2O2. The fourth-order valence-corrected chi connectivity index (χ4v) is 2.18. The monoisotopic (exact) mass is 272 g/mol. The van der Waals surface area contributed by atoms with Crippen molar-refractivity contribution in [1.29, 1.82) is 0 Å². The van der Waals surface area contributed by atoms with E-state index in [9.17, 15) is 4.79 Å². The average Bonchev–Trinajstić information content (AvgIpc) is 1.86. The molecule has 2 nitrogen and oxygen atoms in total. The van der Waals surface area contributed by atoms with Crippen LogP contribution in [0.25, 0.3) is 0 Å². The lowest BCUT2D eigenvalue weighted by Crippen LogP contribution is -2.29. The summed E-state index contributed by atoms with van der Waals surface area (Å²) in [6, 6.07) is 0. The van der Waals surface area contributed by atoms with Crippen molar-refractivity contribution >= 4 is 37.8 Å². The second-order valence-electron chi connectivity index (χ2n) is 2.13. The topological polar surface area (TPSA) is 26.3 Å². The molecule has 0 saturated carbocycles. The number of carbonyl (C=O) groups is 1. The Bertz CT molecular complexity index is 123. The van der Waals surface area contributed by atoms with Crippen LogP contribution >= 0.6 is 31.9 Å². The zero-order valence-electron chi connectivity index (χ0n) is 5.99. The van der Waals surface area contributed by atoms with Crippen LogP contribution in [0.2, 0.25) is 0 Å². The van der Waals surface area contributed by atoms with Crippen LogP contribution in [0.4, 0.5) is 0 Å². The number of halogens is 2. The van der Waals surface area contributed by atoms with Gasteiger partial charge < -0.3 is 4.74 Å². The van der Waals surface area contributed by atoms with Crippen molar-refractivity contribution in [3.05, 3.63) is 0 Å². The molecule has 60 valence electrons. The Morgan fingerprint density at radius 1 is 1.70 bits per heavy atom. The fraction of sp³-hybridized carbons (Fsp3) is 0.833. The van der Waals surface area contributed by atoms with Crippen LogP contribution in [0.1, 0.15) is 13.3 Å². The summed E-state index contributed by atoms with van der Waals surface area (Å²) in [5.74, 6) is -0.230. The third kappa shape index (κ3) is 3.01. The Balaban J connectivity index is 3.96. The zero-order chi connectivity index (χ0) is 8.20. The predicted octanol–water partition coefficient (Wildman–Crippen LogP) is 2.10. The summed E-state index contributed by atoms with van der Waals surface area (Å²) in [5, 5.41) is 0.782. The van der Waals surface area contributed by atoms with E-state index in [1.807, 2.05) is 0 Å². The van der Waals surface area contributed by atoms with Crippen molar-refractivity contribution in [2.24, 2.45) is 0 Å². The minimum Gasteiger partial charge on any atom is -0.468 e. The smallest absolute Gasteiger partial charge is 0.322 e. The third-order valence-corrected chi connectivity index (χ3v) is 2.29. The van der Waals surface area contributed by atoms with Crippen molar-refractivity contribution in [3.63, 3.8) is 0 Å². The zero-order valence-corrected chi connectivity index (χ0v) is 9.16. The molecule has 10 heavy (non-hydrogen) atoms. The molecule has 0 aliphatic heterocycles. The van der Waals surface area contributed by atoms with Gasteiger partial charge in [0.15, 0.2) is 0 Å². The van der Waals surface area contributed by atoms with Crippen molar-refractivity contribution in [2.45, 2.75) is 17.7 Å². The molecule has 0 aromatic carbocycles. The van der Waals surface area contributed by atoms with E-state index in [1.54, 1.807) is 6.92 Å². The van der Waals surface area contributed by atoms with Gasteiger partial charge in [0.1, 0.15) is 4.32 Å². The highest BCUT2D eigenvalue weighted by molar-refractivity contribution is 9.10. The highest BCUT2D eigenvalue weighted by Crippen LogP contribution is 2.23. The number of methoxy groups -OCH3 is 1. The van der Waals surface area contributed by atoms with Crippen LogP contribution in [0, 0.1) is 0 Å². The van der Waals surface area contributed by atoms with E-state index < -0.39 is 4.32 Å². The molecule has 0 aromatic rings. The Kier molecular flexibility index (Phi) is 4.52. The third-order valence-electron chi connectivity index (χ3n) is 1.17. The quantitative estimate of drug-likeness (QED) is 0.582. The summed E-state index contributed by atoms with van der Waals surface area (Å²) in [6.45, 7) is 1.79. The summed E-state index contributed by atoms with van der Waals surface area (Å²) in [4.78, 5) is 10.9. The summed E-state index contributed by atoms with van der Waals surface area (Å²) in [6.07, 6.45) is 0.722. The SMILES string of the molecule is COC(=O)C(C)(Br)CCBr. The first-order chi connectivity index (χ1) is 4.54. The maximum absolute atomic E-state index is 10.9. The fourth-order valence-electron chi connectivity index (χ4n) is 0.492. The first-order valence-electron chi connectivity index (χ1n) is 2.88.